The third-order valence-electron chi connectivity index (χ3n) is 4.44. The van der Waals surface area contributed by atoms with Gasteiger partial charge in [0.25, 0.3) is 5.91 Å². The number of piperazine rings is 1. The maximum absolute atomic E-state index is 12.2. The second-order valence-electron chi connectivity index (χ2n) is 7.49. The third-order valence-corrected chi connectivity index (χ3v) is 4.44. The molecule has 138 valence electrons. The number of ether oxygens (including phenoxy) is 1. The molecule has 0 bridgehead atoms. The number of nitrogens with one attached hydrogen (secondary N) is 2. The molecule has 1 heterocycles. The van der Waals surface area contributed by atoms with Crippen LogP contribution in [-0.2, 0) is 14.9 Å². The summed E-state index contributed by atoms with van der Waals surface area (Å²) in [6.07, 6.45) is -0.259. The lowest BCUT2D eigenvalue weighted by Gasteiger charge is -2.31. The molecule has 2 amide bonds. The van der Waals surface area contributed by atoms with Crippen LogP contribution in [0.15, 0.2) is 24.3 Å². The normalized spacial score (nSPS) is 15.8. The van der Waals surface area contributed by atoms with E-state index < -0.39 is 0 Å². The summed E-state index contributed by atoms with van der Waals surface area (Å²) in [6, 6.07) is 8.01. The Balaban J connectivity index is 1.78. The molecule has 0 aliphatic carbocycles. The first kappa shape index (κ1) is 19.2. The fraction of sp³-hybridized carbons (Fsp3) is 0.579. The highest BCUT2D eigenvalue weighted by molar-refractivity contribution is 5.91. The van der Waals surface area contributed by atoms with Crippen LogP contribution in [0.25, 0.3) is 0 Å². The largest absolute Gasteiger partial charge is 0.450 e. The van der Waals surface area contributed by atoms with Gasteiger partial charge in [0, 0.05) is 5.69 Å². The van der Waals surface area contributed by atoms with E-state index in [-0.39, 0.29) is 17.4 Å². The average Bonchev–Trinajstić information content (AvgIpc) is 2.55. The topological polar surface area (TPSA) is 63.1 Å². The Morgan fingerprint density at radius 2 is 1.76 bits per heavy atom. The number of amides is 2. The predicted octanol–water partition coefficient (Wildman–Crippen LogP) is 1.28. The van der Waals surface area contributed by atoms with Gasteiger partial charge in [0.2, 0.25) is 0 Å². The number of rotatable bonds is 4. The summed E-state index contributed by atoms with van der Waals surface area (Å²) in [4.78, 5) is 26.8. The van der Waals surface area contributed by atoms with Crippen LogP contribution in [0.2, 0.25) is 0 Å². The van der Waals surface area contributed by atoms with E-state index >= 15 is 0 Å². The number of benzene rings is 1. The molecule has 1 fully saturated rings. The van der Waals surface area contributed by atoms with E-state index in [0.29, 0.717) is 26.2 Å². The van der Waals surface area contributed by atoms with Crippen molar-refractivity contribution in [1.82, 2.24) is 4.90 Å². The fourth-order valence-electron chi connectivity index (χ4n) is 2.88. The van der Waals surface area contributed by atoms with E-state index in [4.69, 9.17) is 4.74 Å². The number of anilines is 1. The van der Waals surface area contributed by atoms with E-state index in [9.17, 15) is 9.59 Å². The molecule has 1 aliphatic rings. The van der Waals surface area contributed by atoms with Crippen molar-refractivity contribution in [3.8, 4) is 0 Å². The number of nitrogens with zero attached hydrogens (tertiary/aromatic N) is 1. The van der Waals surface area contributed by atoms with Gasteiger partial charge in [-0.25, -0.2) is 4.79 Å². The van der Waals surface area contributed by atoms with Gasteiger partial charge >= 0.3 is 6.09 Å². The SMILES string of the molecule is CCOC(=O)N1CC[NH+](CC(=O)Nc2ccc(C(C)(C)C)cc2)CC1. The minimum Gasteiger partial charge on any atom is -0.450 e. The van der Waals surface area contributed by atoms with Crippen LogP contribution in [0, 0.1) is 0 Å². The molecule has 2 rings (SSSR count). The Kier molecular flexibility index (Phi) is 6.42. The van der Waals surface area contributed by atoms with E-state index in [1.165, 1.54) is 10.5 Å². The minimum atomic E-state index is -0.259. The van der Waals surface area contributed by atoms with Crippen molar-refractivity contribution in [2.45, 2.75) is 33.1 Å². The smallest absolute Gasteiger partial charge is 0.410 e. The summed E-state index contributed by atoms with van der Waals surface area (Å²) in [5, 5.41) is 2.96. The molecule has 0 spiro atoms. The summed E-state index contributed by atoms with van der Waals surface area (Å²) in [7, 11) is 0. The van der Waals surface area contributed by atoms with Crippen molar-refractivity contribution in [1.29, 1.82) is 0 Å². The van der Waals surface area contributed by atoms with Gasteiger partial charge in [-0.3, -0.25) is 9.69 Å². The minimum absolute atomic E-state index is 0.00286. The summed E-state index contributed by atoms with van der Waals surface area (Å²) in [6.45, 7) is 11.9. The zero-order valence-corrected chi connectivity index (χ0v) is 15.7. The molecule has 6 heteroatoms. The second kappa shape index (κ2) is 8.34. The van der Waals surface area contributed by atoms with Gasteiger partial charge in [-0.1, -0.05) is 32.9 Å². The van der Waals surface area contributed by atoms with Gasteiger partial charge in [-0.05, 0) is 30.0 Å². The number of hydrogen-bond donors (Lipinski definition) is 2. The molecular weight excluding hydrogens is 318 g/mol. The number of hydrogen-bond acceptors (Lipinski definition) is 3. The monoisotopic (exact) mass is 348 g/mol. The standard InChI is InChI=1S/C19H29N3O3/c1-5-25-18(24)22-12-10-21(11-13-22)14-17(23)20-16-8-6-15(7-9-16)19(2,3)4/h6-9H,5,10-14H2,1-4H3,(H,20,23)/p+1. The Morgan fingerprint density at radius 3 is 2.28 bits per heavy atom. The van der Waals surface area contributed by atoms with Crippen LogP contribution in [0.5, 0.6) is 0 Å². The molecule has 0 unspecified atom stereocenters. The average molecular weight is 348 g/mol. The van der Waals surface area contributed by atoms with E-state index in [2.05, 4.69) is 38.2 Å². The fourth-order valence-corrected chi connectivity index (χ4v) is 2.88. The van der Waals surface area contributed by atoms with Crippen LogP contribution in [0.1, 0.15) is 33.3 Å². The van der Waals surface area contributed by atoms with Gasteiger partial charge < -0.3 is 15.0 Å². The van der Waals surface area contributed by atoms with Gasteiger partial charge in [0.05, 0.1) is 32.8 Å². The highest BCUT2D eigenvalue weighted by atomic mass is 16.6. The molecule has 0 saturated carbocycles. The number of carbonyl (C=O) groups is 2. The first-order valence-electron chi connectivity index (χ1n) is 8.95. The van der Waals surface area contributed by atoms with Gasteiger partial charge in [-0.2, -0.15) is 0 Å². The molecule has 0 radical (unpaired) electrons. The van der Waals surface area contributed by atoms with Crippen LogP contribution < -0.4 is 10.2 Å². The quantitative estimate of drug-likeness (QED) is 0.862. The maximum Gasteiger partial charge on any atom is 0.410 e. The van der Waals surface area contributed by atoms with E-state index in [0.717, 1.165) is 18.8 Å². The number of quaternary nitrogens is 1. The molecule has 0 aromatic heterocycles. The third kappa shape index (κ3) is 5.74. The highest BCUT2D eigenvalue weighted by Gasteiger charge is 2.25. The predicted molar refractivity (Wildman–Crippen MR) is 97.9 cm³/mol. The van der Waals surface area contributed by atoms with E-state index in [1.807, 2.05) is 12.1 Å². The van der Waals surface area contributed by atoms with Crippen molar-refractivity contribution in [3.63, 3.8) is 0 Å². The molecule has 1 saturated heterocycles. The summed E-state index contributed by atoms with van der Waals surface area (Å²) < 4.78 is 5.01. The highest BCUT2D eigenvalue weighted by Crippen LogP contribution is 2.23. The summed E-state index contributed by atoms with van der Waals surface area (Å²) >= 11 is 0. The zero-order chi connectivity index (χ0) is 18.4. The molecule has 25 heavy (non-hydrogen) atoms. The molecule has 2 N–H and O–H groups in total. The van der Waals surface area contributed by atoms with Crippen molar-refractivity contribution >= 4 is 17.7 Å². The van der Waals surface area contributed by atoms with Gasteiger partial charge in [-0.15, -0.1) is 0 Å². The molecule has 1 aliphatic heterocycles. The molecule has 1 aromatic carbocycles. The lowest BCUT2D eigenvalue weighted by Crippen LogP contribution is -3.15. The van der Waals surface area contributed by atoms with Crippen molar-refractivity contribution in [2.75, 3.05) is 44.6 Å². The van der Waals surface area contributed by atoms with Crippen LogP contribution in [0.4, 0.5) is 10.5 Å². The Hall–Kier alpha value is -2.08. The lowest BCUT2D eigenvalue weighted by molar-refractivity contribution is -0.895. The van der Waals surface area contributed by atoms with Crippen molar-refractivity contribution in [2.24, 2.45) is 0 Å². The second-order valence-corrected chi connectivity index (χ2v) is 7.49. The van der Waals surface area contributed by atoms with Crippen molar-refractivity contribution < 1.29 is 19.2 Å². The zero-order valence-electron chi connectivity index (χ0n) is 15.7. The lowest BCUT2D eigenvalue weighted by atomic mass is 9.87. The first-order chi connectivity index (χ1) is 11.8. The molecular formula is C19H30N3O3+. The molecule has 1 aromatic rings. The summed E-state index contributed by atoms with van der Waals surface area (Å²) in [5.41, 5.74) is 2.17. The van der Waals surface area contributed by atoms with Crippen LogP contribution in [-0.4, -0.2) is 56.2 Å². The Morgan fingerprint density at radius 1 is 1.16 bits per heavy atom. The van der Waals surface area contributed by atoms with Crippen LogP contribution >= 0.6 is 0 Å². The number of carbonyl (C=O) groups excluding carboxylic acids is 2. The first-order valence-corrected chi connectivity index (χ1v) is 8.95. The summed E-state index contributed by atoms with van der Waals surface area (Å²) in [5.74, 6) is 0.00286. The van der Waals surface area contributed by atoms with Crippen molar-refractivity contribution in [3.05, 3.63) is 29.8 Å². The maximum atomic E-state index is 12.2. The van der Waals surface area contributed by atoms with Crippen LogP contribution in [0.3, 0.4) is 0 Å². The van der Waals surface area contributed by atoms with Gasteiger partial charge in [0.1, 0.15) is 0 Å². The Labute approximate surface area is 150 Å². The Bertz CT molecular complexity index is 585. The van der Waals surface area contributed by atoms with E-state index in [1.54, 1.807) is 11.8 Å². The molecule has 6 nitrogen and oxygen atoms in total. The van der Waals surface area contributed by atoms with Gasteiger partial charge in [0.15, 0.2) is 6.54 Å². The molecule has 0 atom stereocenters.